The van der Waals surface area contributed by atoms with Crippen LogP contribution in [0.1, 0.15) is 24.2 Å². The van der Waals surface area contributed by atoms with Gasteiger partial charge < -0.3 is 20.9 Å². The molecule has 4 N–H and O–H groups in total. The number of aromatic amines is 1. The average molecular weight is 442 g/mol. The van der Waals surface area contributed by atoms with E-state index in [-0.39, 0.29) is 6.17 Å². The molecule has 0 saturated carbocycles. The Bertz CT molecular complexity index is 1180. The molecular weight excluding hydrogens is 410 g/mol. The average Bonchev–Trinajstić information content (AvgIpc) is 3.31. The quantitative estimate of drug-likeness (QED) is 0.378. The maximum absolute atomic E-state index is 6.36. The van der Waals surface area contributed by atoms with Crippen LogP contribution in [0.5, 0.6) is 0 Å². The highest BCUT2D eigenvalue weighted by Crippen LogP contribution is 2.28. The number of anilines is 1. The van der Waals surface area contributed by atoms with Crippen molar-refractivity contribution in [3.63, 3.8) is 0 Å². The molecule has 7 nitrogen and oxygen atoms in total. The maximum Gasteiger partial charge on any atom is 0.143 e. The minimum atomic E-state index is -0.346. The normalized spacial score (nSPS) is 16.2. The van der Waals surface area contributed by atoms with Gasteiger partial charge in [0.25, 0.3) is 0 Å². The largest absolute Gasteiger partial charge is 0.350 e. The molecule has 1 fully saturated rings. The van der Waals surface area contributed by atoms with E-state index in [1.165, 1.54) is 5.56 Å². The van der Waals surface area contributed by atoms with E-state index < -0.39 is 0 Å². The van der Waals surface area contributed by atoms with Crippen LogP contribution in [0, 0.1) is 0 Å². The molecule has 0 bridgehead atoms. The SMILES string of the molecule is CCN1CCN(Cc2ccc(-c3cc4c(N[C@H](N)c5ccccc5)ncnc4[nH]3)cc2)CC1. The van der Waals surface area contributed by atoms with Gasteiger partial charge in [0.2, 0.25) is 0 Å². The lowest BCUT2D eigenvalue weighted by molar-refractivity contribution is 0.132. The van der Waals surface area contributed by atoms with E-state index in [0.717, 1.165) is 72.9 Å². The van der Waals surface area contributed by atoms with Crippen molar-refractivity contribution in [1.29, 1.82) is 0 Å². The van der Waals surface area contributed by atoms with Crippen molar-refractivity contribution in [3.05, 3.63) is 78.1 Å². The van der Waals surface area contributed by atoms with Crippen LogP contribution < -0.4 is 11.1 Å². The van der Waals surface area contributed by atoms with Crippen LogP contribution in [0.3, 0.4) is 0 Å². The van der Waals surface area contributed by atoms with Crippen molar-refractivity contribution < 1.29 is 0 Å². The van der Waals surface area contributed by atoms with Crippen LogP contribution in [0.15, 0.2) is 67.0 Å². The van der Waals surface area contributed by atoms with Gasteiger partial charge in [-0.3, -0.25) is 4.90 Å². The summed E-state index contributed by atoms with van der Waals surface area (Å²) in [5.41, 5.74) is 11.6. The van der Waals surface area contributed by atoms with E-state index in [1.54, 1.807) is 6.33 Å². The fraction of sp³-hybridized carbons (Fsp3) is 0.308. The highest BCUT2D eigenvalue weighted by Gasteiger charge is 2.16. The Morgan fingerprint density at radius 2 is 1.70 bits per heavy atom. The summed E-state index contributed by atoms with van der Waals surface area (Å²) in [7, 11) is 0. The zero-order valence-corrected chi connectivity index (χ0v) is 19.0. The standard InChI is InChI=1S/C26H31N7/c1-2-32-12-14-33(15-13-32)17-19-8-10-20(11-9-19)23-16-22-25(30-23)28-18-29-26(22)31-24(27)21-6-4-3-5-7-21/h3-11,16,18,24H,2,12-15,17,27H2,1H3,(H2,28,29,30,31)/t24-/m0/s1. The Balaban J connectivity index is 1.30. The molecule has 0 aliphatic carbocycles. The highest BCUT2D eigenvalue weighted by atomic mass is 15.3. The molecule has 2 aromatic carbocycles. The van der Waals surface area contributed by atoms with Crippen LogP contribution in [-0.4, -0.2) is 57.5 Å². The van der Waals surface area contributed by atoms with Crippen molar-refractivity contribution in [2.75, 3.05) is 38.0 Å². The third-order valence-electron chi connectivity index (χ3n) is 6.46. The van der Waals surface area contributed by atoms with Gasteiger partial charge in [0.05, 0.1) is 5.39 Å². The highest BCUT2D eigenvalue weighted by molar-refractivity contribution is 5.91. The number of aromatic nitrogens is 3. The fourth-order valence-electron chi connectivity index (χ4n) is 4.41. The summed E-state index contributed by atoms with van der Waals surface area (Å²) in [5, 5.41) is 4.25. The molecule has 3 heterocycles. The van der Waals surface area contributed by atoms with Crippen molar-refractivity contribution in [2.24, 2.45) is 5.73 Å². The number of nitrogens with zero attached hydrogens (tertiary/aromatic N) is 4. The topological polar surface area (TPSA) is 86.1 Å². The van der Waals surface area contributed by atoms with Gasteiger partial charge in [0.15, 0.2) is 0 Å². The number of nitrogens with one attached hydrogen (secondary N) is 2. The molecule has 7 heteroatoms. The monoisotopic (exact) mass is 441 g/mol. The lowest BCUT2D eigenvalue weighted by atomic mass is 10.1. The molecular formula is C26H31N7. The Morgan fingerprint density at radius 3 is 2.42 bits per heavy atom. The zero-order valence-electron chi connectivity index (χ0n) is 19.0. The number of nitrogens with two attached hydrogens (primary N) is 1. The Kier molecular flexibility index (Phi) is 6.35. The number of hydrogen-bond acceptors (Lipinski definition) is 6. The summed E-state index contributed by atoms with van der Waals surface area (Å²) in [5.74, 6) is 0.724. The summed E-state index contributed by atoms with van der Waals surface area (Å²) >= 11 is 0. The summed E-state index contributed by atoms with van der Waals surface area (Å²) in [4.78, 5) is 17.3. The molecule has 0 unspecified atom stereocenters. The van der Waals surface area contributed by atoms with E-state index in [9.17, 15) is 0 Å². The second kappa shape index (κ2) is 9.70. The van der Waals surface area contributed by atoms with Gasteiger partial charge in [-0.25, -0.2) is 9.97 Å². The molecule has 1 saturated heterocycles. The van der Waals surface area contributed by atoms with Crippen molar-refractivity contribution >= 4 is 16.9 Å². The third kappa shape index (κ3) is 4.90. The van der Waals surface area contributed by atoms with Gasteiger partial charge in [0.1, 0.15) is 24.0 Å². The Hall–Kier alpha value is -3.26. The first kappa shape index (κ1) is 21.6. The Labute approximate surface area is 194 Å². The maximum atomic E-state index is 6.36. The fourth-order valence-corrected chi connectivity index (χ4v) is 4.41. The van der Waals surface area contributed by atoms with E-state index >= 15 is 0 Å². The molecule has 1 aliphatic rings. The molecule has 1 atom stereocenters. The van der Waals surface area contributed by atoms with Gasteiger partial charge in [0, 0.05) is 38.4 Å². The summed E-state index contributed by atoms with van der Waals surface area (Å²) < 4.78 is 0. The number of piperazine rings is 1. The number of fused-ring (bicyclic) bond motifs is 1. The molecule has 2 aromatic heterocycles. The van der Waals surface area contributed by atoms with Crippen molar-refractivity contribution in [1.82, 2.24) is 24.8 Å². The minimum absolute atomic E-state index is 0.346. The molecule has 0 radical (unpaired) electrons. The lowest BCUT2D eigenvalue weighted by Crippen LogP contribution is -2.45. The van der Waals surface area contributed by atoms with Gasteiger partial charge in [-0.05, 0) is 29.3 Å². The smallest absolute Gasteiger partial charge is 0.143 e. The predicted molar refractivity (Wildman–Crippen MR) is 134 cm³/mol. The number of rotatable bonds is 7. The van der Waals surface area contributed by atoms with Gasteiger partial charge >= 0.3 is 0 Å². The third-order valence-corrected chi connectivity index (χ3v) is 6.46. The van der Waals surface area contributed by atoms with E-state index in [2.05, 4.69) is 67.3 Å². The number of likely N-dealkylation sites (N-methyl/N-ethyl adjacent to an activating group) is 1. The number of H-pyrrole nitrogens is 1. The molecule has 4 aromatic rings. The van der Waals surface area contributed by atoms with Crippen molar-refractivity contribution in [3.8, 4) is 11.3 Å². The summed E-state index contributed by atoms with van der Waals surface area (Å²) in [6.07, 6.45) is 1.21. The molecule has 0 spiro atoms. The second-order valence-corrected chi connectivity index (χ2v) is 8.61. The van der Waals surface area contributed by atoms with Crippen LogP contribution >= 0.6 is 0 Å². The predicted octanol–water partition coefficient (Wildman–Crippen LogP) is 3.83. The molecule has 33 heavy (non-hydrogen) atoms. The lowest BCUT2D eigenvalue weighted by Gasteiger charge is -2.34. The zero-order chi connectivity index (χ0) is 22.6. The first-order chi connectivity index (χ1) is 16.2. The molecule has 1 aliphatic heterocycles. The van der Waals surface area contributed by atoms with Crippen LogP contribution in [0.2, 0.25) is 0 Å². The van der Waals surface area contributed by atoms with Crippen LogP contribution in [0.4, 0.5) is 5.82 Å². The van der Waals surface area contributed by atoms with E-state index in [4.69, 9.17) is 5.73 Å². The van der Waals surface area contributed by atoms with Gasteiger partial charge in [-0.1, -0.05) is 61.5 Å². The summed E-state index contributed by atoms with van der Waals surface area (Å²) in [6, 6.07) is 20.9. The molecule has 170 valence electrons. The van der Waals surface area contributed by atoms with Gasteiger partial charge in [-0.15, -0.1) is 0 Å². The minimum Gasteiger partial charge on any atom is -0.350 e. The van der Waals surface area contributed by atoms with Gasteiger partial charge in [-0.2, -0.15) is 0 Å². The van der Waals surface area contributed by atoms with Crippen LogP contribution in [-0.2, 0) is 6.54 Å². The summed E-state index contributed by atoms with van der Waals surface area (Å²) in [6.45, 7) is 8.98. The van der Waals surface area contributed by atoms with Crippen molar-refractivity contribution in [2.45, 2.75) is 19.6 Å². The first-order valence-electron chi connectivity index (χ1n) is 11.6. The van der Waals surface area contributed by atoms with E-state index in [0.29, 0.717) is 0 Å². The van der Waals surface area contributed by atoms with E-state index in [1.807, 2.05) is 30.3 Å². The number of benzene rings is 2. The molecule has 0 amide bonds. The van der Waals surface area contributed by atoms with Crippen LogP contribution in [0.25, 0.3) is 22.3 Å². The second-order valence-electron chi connectivity index (χ2n) is 8.61. The molecule has 5 rings (SSSR count). The number of hydrogen-bond donors (Lipinski definition) is 3. The first-order valence-corrected chi connectivity index (χ1v) is 11.6. The Morgan fingerprint density at radius 1 is 0.970 bits per heavy atom.